The molecule has 0 aliphatic carbocycles. The smallest absolute Gasteiger partial charge is 0.164 e. The van der Waals surface area contributed by atoms with Crippen LogP contribution in [0.25, 0.3) is 28.2 Å². The molecule has 0 saturated carbocycles. The predicted molar refractivity (Wildman–Crippen MR) is 85.6 cm³/mol. The van der Waals surface area contributed by atoms with Crippen molar-refractivity contribution in [2.75, 3.05) is 0 Å². The first-order valence-corrected chi connectivity index (χ1v) is 7.09. The molecule has 0 amide bonds. The van der Waals surface area contributed by atoms with E-state index in [-0.39, 0.29) is 0 Å². The monoisotopic (exact) mass is 300 g/mol. The van der Waals surface area contributed by atoms with E-state index in [1.165, 1.54) is 19.0 Å². The van der Waals surface area contributed by atoms with Crippen molar-refractivity contribution in [2.45, 2.75) is 0 Å². The van der Waals surface area contributed by atoms with Crippen LogP contribution in [0.5, 0.6) is 0 Å². The van der Waals surface area contributed by atoms with E-state index in [1.54, 1.807) is 11.0 Å². The van der Waals surface area contributed by atoms with Gasteiger partial charge < -0.3 is 0 Å². The number of benzene rings is 2. The van der Waals surface area contributed by atoms with Gasteiger partial charge in [-0.25, -0.2) is 24.6 Å². The Hall–Kier alpha value is -3.41. The summed E-state index contributed by atoms with van der Waals surface area (Å²) in [4.78, 5) is 16.4. The van der Waals surface area contributed by atoms with Crippen molar-refractivity contribution in [3.8, 4) is 28.2 Å². The highest BCUT2D eigenvalue weighted by atomic mass is 15.3. The molecule has 0 unspecified atom stereocenters. The summed E-state index contributed by atoms with van der Waals surface area (Å²) in [7, 11) is 0. The molecule has 4 aromatic rings. The highest BCUT2D eigenvalue weighted by molar-refractivity contribution is 5.76. The Balaban J connectivity index is 1.92. The van der Waals surface area contributed by atoms with Crippen LogP contribution in [0, 0.1) is 0 Å². The molecule has 0 atom stereocenters. The Morgan fingerprint density at radius 2 is 1.57 bits per heavy atom. The van der Waals surface area contributed by atoms with Crippen molar-refractivity contribution in [1.82, 2.24) is 29.7 Å². The van der Waals surface area contributed by atoms with E-state index in [2.05, 4.69) is 49.3 Å². The zero-order valence-electron chi connectivity index (χ0n) is 12.1. The van der Waals surface area contributed by atoms with Gasteiger partial charge in [0.15, 0.2) is 5.82 Å². The minimum Gasteiger partial charge on any atom is -0.225 e. The minimum absolute atomic E-state index is 0.600. The maximum atomic E-state index is 4.27. The van der Waals surface area contributed by atoms with Gasteiger partial charge in [0.2, 0.25) is 0 Å². The lowest BCUT2D eigenvalue weighted by Crippen LogP contribution is -2.00. The lowest BCUT2D eigenvalue weighted by molar-refractivity contribution is 0.877. The number of aromatic nitrogens is 6. The predicted octanol–water partition coefficient (Wildman–Crippen LogP) is 2.79. The fourth-order valence-electron chi connectivity index (χ4n) is 2.44. The van der Waals surface area contributed by atoms with Crippen LogP contribution in [0.4, 0.5) is 0 Å². The first-order valence-electron chi connectivity index (χ1n) is 7.09. The van der Waals surface area contributed by atoms with Crippen LogP contribution in [-0.4, -0.2) is 29.7 Å². The average Bonchev–Trinajstić information content (AvgIpc) is 3.17. The van der Waals surface area contributed by atoms with Crippen molar-refractivity contribution in [2.24, 2.45) is 0 Å². The van der Waals surface area contributed by atoms with Gasteiger partial charge in [-0.15, -0.1) is 0 Å². The van der Waals surface area contributed by atoms with Gasteiger partial charge in [0.25, 0.3) is 0 Å². The summed E-state index contributed by atoms with van der Waals surface area (Å²) in [6, 6.07) is 16.3. The van der Waals surface area contributed by atoms with Crippen LogP contribution < -0.4 is 0 Å². The third kappa shape index (κ3) is 2.57. The molecule has 0 N–H and O–H groups in total. The molecule has 0 aliphatic heterocycles. The summed E-state index contributed by atoms with van der Waals surface area (Å²) in [5.74, 6) is 0.600. The molecule has 6 nitrogen and oxygen atoms in total. The van der Waals surface area contributed by atoms with Crippen molar-refractivity contribution in [1.29, 1.82) is 0 Å². The normalized spacial score (nSPS) is 10.6. The minimum atomic E-state index is 0.600. The van der Waals surface area contributed by atoms with Crippen LogP contribution in [0.15, 0.2) is 73.8 Å². The molecule has 6 heteroatoms. The molecule has 0 saturated heterocycles. The molecular weight excluding hydrogens is 288 g/mol. The number of rotatable bonds is 3. The molecule has 110 valence electrons. The highest BCUT2D eigenvalue weighted by Crippen LogP contribution is 2.29. The summed E-state index contributed by atoms with van der Waals surface area (Å²) >= 11 is 0. The fraction of sp³-hybridized carbons (Fsp3) is 0. The van der Waals surface area contributed by atoms with Gasteiger partial charge in [-0.2, -0.15) is 5.10 Å². The van der Waals surface area contributed by atoms with E-state index in [1.807, 2.05) is 24.3 Å². The molecule has 2 heterocycles. The van der Waals surface area contributed by atoms with Gasteiger partial charge in [-0.05, 0) is 23.3 Å². The van der Waals surface area contributed by atoms with E-state index in [9.17, 15) is 0 Å². The summed E-state index contributed by atoms with van der Waals surface area (Å²) in [5.41, 5.74) is 3.96. The molecule has 0 fully saturated rings. The van der Waals surface area contributed by atoms with Crippen molar-refractivity contribution in [3.63, 3.8) is 0 Å². The van der Waals surface area contributed by atoms with Crippen LogP contribution >= 0.6 is 0 Å². The van der Waals surface area contributed by atoms with Crippen LogP contribution in [0.2, 0.25) is 0 Å². The van der Waals surface area contributed by atoms with Crippen molar-refractivity contribution < 1.29 is 0 Å². The maximum Gasteiger partial charge on any atom is 0.164 e. The lowest BCUT2D eigenvalue weighted by Gasteiger charge is -2.10. The summed E-state index contributed by atoms with van der Waals surface area (Å²) in [6.07, 6.45) is 6.13. The van der Waals surface area contributed by atoms with E-state index >= 15 is 0 Å². The third-order valence-corrected chi connectivity index (χ3v) is 3.50. The van der Waals surface area contributed by atoms with Gasteiger partial charge in [0, 0.05) is 5.56 Å². The Labute approximate surface area is 132 Å². The average molecular weight is 300 g/mol. The van der Waals surface area contributed by atoms with Gasteiger partial charge in [-0.3, -0.25) is 0 Å². The zero-order valence-corrected chi connectivity index (χ0v) is 12.1. The second-order valence-corrected chi connectivity index (χ2v) is 4.90. The molecule has 2 aromatic heterocycles. The van der Waals surface area contributed by atoms with Gasteiger partial charge in [0.1, 0.15) is 25.3 Å². The quantitative estimate of drug-likeness (QED) is 0.582. The van der Waals surface area contributed by atoms with E-state index in [0.717, 1.165) is 22.4 Å². The van der Waals surface area contributed by atoms with Crippen molar-refractivity contribution in [3.05, 3.63) is 73.8 Å². The first kappa shape index (κ1) is 13.3. The van der Waals surface area contributed by atoms with Crippen LogP contribution in [0.1, 0.15) is 0 Å². The molecule has 0 radical (unpaired) electrons. The van der Waals surface area contributed by atoms with Gasteiger partial charge in [0.05, 0.1) is 5.69 Å². The number of hydrogen-bond donors (Lipinski definition) is 0. The third-order valence-electron chi connectivity index (χ3n) is 3.50. The maximum absolute atomic E-state index is 4.27. The van der Waals surface area contributed by atoms with Gasteiger partial charge in [-0.1, -0.05) is 36.4 Å². The molecule has 2 aromatic carbocycles. The fourth-order valence-corrected chi connectivity index (χ4v) is 2.44. The Bertz CT molecular complexity index is 904. The SMILES string of the molecule is c1ccc(-c2ccc(-n3cncn3)c(-c3ncncn3)c2)cc1. The number of nitrogens with zero attached hydrogens (tertiary/aromatic N) is 6. The zero-order chi connectivity index (χ0) is 15.5. The molecule has 0 aliphatic rings. The topological polar surface area (TPSA) is 69.4 Å². The summed E-state index contributed by atoms with van der Waals surface area (Å²) in [6.45, 7) is 0. The van der Waals surface area contributed by atoms with E-state index in [0.29, 0.717) is 5.82 Å². The standard InChI is InChI=1S/C17H12N6/c1-2-4-13(5-3-1)14-6-7-16(23-12-19-11-22-23)15(8-14)17-20-9-18-10-21-17/h1-12H. The molecule has 23 heavy (non-hydrogen) atoms. The lowest BCUT2D eigenvalue weighted by atomic mass is 10.0. The van der Waals surface area contributed by atoms with Crippen LogP contribution in [-0.2, 0) is 0 Å². The molecule has 4 rings (SSSR count). The van der Waals surface area contributed by atoms with E-state index < -0.39 is 0 Å². The van der Waals surface area contributed by atoms with Crippen LogP contribution in [0.3, 0.4) is 0 Å². The second kappa shape index (κ2) is 5.76. The molecule has 0 bridgehead atoms. The Kier molecular flexibility index (Phi) is 3.32. The number of hydrogen-bond acceptors (Lipinski definition) is 5. The van der Waals surface area contributed by atoms with Crippen molar-refractivity contribution >= 4 is 0 Å². The van der Waals surface area contributed by atoms with Gasteiger partial charge >= 0.3 is 0 Å². The second-order valence-electron chi connectivity index (χ2n) is 4.90. The highest BCUT2D eigenvalue weighted by Gasteiger charge is 2.12. The Morgan fingerprint density at radius 3 is 2.30 bits per heavy atom. The molecular formula is C17H12N6. The Morgan fingerprint density at radius 1 is 0.739 bits per heavy atom. The largest absolute Gasteiger partial charge is 0.225 e. The van der Waals surface area contributed by atoms with E-state index in [4.69, 9.17) is 0 Å². The summed E-state index contributed by atoms with van der Waals surface area (Å²) < 4.78 is 1.70. The first-order chi connectivity index (χ1) is 11.4. The summed E-state index contributed by atoms with van der Waals surface area (Å²) in [5, 5.41) is 4.21. The molecule has 0 spiro atoms.